The van der Waals surface area contributed by atoms with Gasteiger partial charge >= 0.3 is 0 Å². The molecule has 0 aliphatic carbocycles. The number of aromatic nitrogens is 1. The number of hydrogen-bond donors (Lipinski definition) is 1. The molecule has 1 N–H and O–H groups in total. The van der Waals surface area contributed by atoms with Crippen LogP contribution in [0.2, 0.25) is 0 Å². The summed E-state index contributed by atoms with van der Waals surface area (Å²) in [6, 6.07) is 14.5. The van der Waals surface area contributed by atoms with Crippen molar-refractivity contribution >= 4 is 16.6 Å². The minimum atomic E-state index is -0.0518. The highest BCUT2D eigenvalue weighted by Crippen LogP contribution is 2.19. The Labute approximate surface area is 176 Å². The second kappa shape index (κ2) is 9.98. The number of rotatable bonds is 9. The highest BCUT2D eigenvalue weighted by Gasteiger charge is 2.19. The Kier molecular flexibility index (Phi) is 6.89. The van der Waals surface area contributed by atoms with Gasteiger partial charge in [-0.25, -0.2) is 0 Å². The van der Waals surface area contributed by atoms with Gasteiger partial charge in [0.2, 0.25) is 0 Å². The number of nitrogens with one attached hydrogen (secondary N) is 1. The highest BCUT2D eigenvalue weighted by molar-refractivity contribution is 5.97. The van der Waals surface area contributed by atoms with Crippen LogP contribution in [-0.2, 0) is 22.7 Å². The Morgan fingerprint density at radius 1 is 1.13 bits per heavy atom. The fraction of sp³-hybridized carbons (Fsp3) is 0.417. The first kappa shape index (κ1) is 20.7. The van der Waals surface area contributed by atoms with Crippen molar-refractivity contribution in [2.24, 2.45) is 5.92 Å². The Balaban J connectivity index is 1.26. The number of ether oxygens (including phenoxy) is 2. The smallest absolute Gasteiger partial charge is 0.198 e. The Hall–Kier alpha value is -2.54. The van der Waals surface area contributed by atoms with E-state index in [2.05, 4.69) is 40.8 Å². The lowest BCUT2D eigenvalue weighted by Gasteiger charge is -2.21. The Bertz CT molecular complexity index is 992. The van der Waals surface area contributed by atoms with E-state index < -0.39 is 0 Å². The molecule has 6 nitrogen and oxygen atoms in total. The monoisotopic (exact) mass is 408 g/mol. The summed E-state index contributed by atoms with van der Waals surface area (Å²) in [6.45, 7) is 5.33. The van der Waals surface area contributed by atoms with E-state index in [-0.39, 0.29) is 18.9 Å². The first-order valence-electron chi connectivity index (χ1n) is 10.5. The molecule has 0 unspecified atom stereocenters. The number of benzene rings is 2. The van der Waals surface area contributed by atoms with E-state index in [0.717, 1.165) is 43.7 Å². The summed E-state index contributed by atoms with van der Waals surface area (Å²) in [6.07, 6.45) is 2.09. The maximum Gasteiger partial charge on any atom is 0.198 e. The van der Waals surface area contributed by atoms with Crippen molar-refractivity contribution < 1.29 is 18.8 Å². The minimum absolute atomic E-state index is 0.0518. The topological polar surface area (TPSA) is 73.6 Å². The van der Waals surface area contributed by atoms with Crippen LogP contribution >= 0.6 is 0 Å². The van der Waals surface area contributed by atoms with Crippen molar-refractivity contribution in [3.05, 3.63) is 65.0 Å². The minimum Gasteiger partial charge on any atom is -0.381 e. The molecule has 4 rings (SSSR count). The van der Waals surface area contributed by atoms with Crippen LogP contribution in [0.3, 0.4) is 0 Å². The average molecular weight is 408 g/mol. The Morgan fingerprint density at radius 2 is 1.93 bits per heavy atom. The van der Waals surface area contributed by atoms with E-state index in [1.807, 2.05) is 19.1 Å². The third kappa shape index (κ3) is 5.14. The molecule has 0 spiro atoms. The van der Waals surface area contributed by atoms with Crippen LogP contribution in [0.5, 0.6) is 0 Å². The van der Waals surface area contributed by atoms with Crippen LogP contribution in [0, 0.1) is 12.8 Å². The van der Waals surface area contributed by atoms with Gasteiger partial charge in [0, 0.05) is 18.8 Å². The van der Waals surface area contributed by atoms with Crippen LogP contribution in [0.15, 0.2) is 47.0 Å². The van der Waals surface area contributed by atoms with Gasteiger partial charge in [-0.05, 0) is 54.6 Å². The van der Waals surface area contributed by atoms with Crippen LogP contribution in [0.4, 0.5) is 0 Å². The van der Waals surface area contributed by atoms with Crippen LogP contribution in [0.1, 0.15) is 40.2 Å². The van der Waals surface area contributed by atoms with Gasteiger partial charge in [0.1, 0.15) is 6.61 Å². The van der Waals surface area contributed by atoms with Gasteiger partial charge in [0.05, 0.1) is 13.2 Å². The molecule has 2 aromatic carbocycles. The maximum atomic E-state index is 12.5. The van der Waals surface area contributed by atoms with Gasteiger partial charge in [-0.1, -0.05) is 41.6 Å². The van der Waals surface area contributed by atoms with E-state index in [0.29, 0.717) is 24.0 Å². The molecule has 30 heavy (non-hydrogen) atoms. The van der Waals surface area contributed by atoms with Crippen LogP contribution in [0.25, 0.3) is 10.8 Å². The summed E-state index contributed by atoms with van der Waals surface area (Å²) in [7, 11) is 0. The zero-order chi connectivity index (χ0) is 20.8. The molecule has 1 saturated heterocycles. The van der Waals surface area contributed by atoms with E-state index in [1.165, 1.54) is 10.8 Å². The van der Waals surface area contributed by atoms with Crippen molar-refractivity contribution in [3.8, 4) is 0 Å². The molecule has 2 heterocycles. The molecular formula is C24H28N2O4. The summed E-state index contributed by atoms with van der Waals surface area (Å²) in [5.74, 6) is 1.12. The van der Waals surface area contributed by atoms with Crippen molar-refractivity contribution in [3.63, 3.8) is 0 Å². The average Bonchev–Trinajstić information content (AvgIpc) is 3.15. The van der Waals surface area contributed by atoms with Gasteiger partial charge in [-0.15, -0.1) is 0 Å². The van der Waals surface area contributed by atoms with Gasteiger partial charge in [0.25, 0.3) is 0 Å². The number of carbonyl (C=O) groups is 1. The number of carbonyl (C=O) groups excluding carboxylic acids is 1. The van der Waals surface area contributed by atoms with Crippen molar-refractivity contribution in [1.29, 1.82) is 0 Å². The molecule has 1 aromatic heterocycles. The SMILES string of the molecule is Cc1c(C(=O)CNCC2CCOCC2)noc1COCc1ccc2ccccc2c1. The molecule has 1 aliphatic heterocycles. The van der Waals surface area contributed by atoms with Gasteiger partial charge in [-0.3, -0.25) is 4.79 Å². The molecule has 6 heteroatoms. The largest absolute Gasteiger partial charge is 0.381 e. The second-order valence-corrected chi connectivity index (χ2v) is 7.86. The number of ketones is 1. The van der Waals surface area contributed by atoms with E-state index in [1.54, 1.807) is 0 Å². The van der Waals surface area contributed by atoms with E-state index in [4.69, 9.17) is 14.0 Å². The molecule has 0 atom stereocenters. The number of hydrogen-bond acceptors (Lipinski definition) is 6. The summed E-state index contributed by atoms with van der Waals surface area (Å²) in [5, 5.41) is 9.63. The lowest BCUT2D eigenvalue weighted by atomic mass is 10.0. The van der Waals surface area contributed by atoms with Crippen LogP contribution < -0.4 is 5.32 Å². The Morgan fingerprint density at radius 3 is 2.77 bits per heavy atom. The normalized spacial score (nSPS) is 15.0. The van der Waals surface area contributed by atoms with Gasteiger partial charge in [-0.2, -0.15) is 0 Å². The zero-order valence-electron chi connectivity index (χ0n) is 17.4. The van der Waals surface area contributed by atoms with E-state index in [9.17, 15) is 4.79 Å². The lowest BCUT2D eigenvalue weighted by molar-refractivity contribution is 0.0661. The summed E-state index contributed by atoms with van der Waals surface area (Å²) in [4.78, 5) is 12.5. The standard InChI is InChI=1S/C24H28N2O4/c1-17-23(16-29-15-19-6-7-20-4-2-3-5-21(20)12-19)30-26-24(17)22(27)14-25-13-18-8-10-28-11-9-18/h2-7,12,18,25H,8-11,13-16H2,1H3. The highest BCUT2D eigenvalue weighted by atomic mass is 16.5. The maximum absolute atomic E-state index is 12.5. The molecule has 0 saturated carbocycles. The van der Waals surface area contributed by atoms with Crippen molar-refractivity contribution in [1.82, 2.24) is 10.5 Å². The predicted molar refractivity (Wildman–Crippen MR) is 114 cm³/mol. The number of fused-ring (bicyclic) bond motifs is 1. The quantitative estimate of drug-likeness (QED) is 0.539. The molecule has 1 aliphatic rings. The third-order valence-electron chi connectivity index (χ3n) is 5.66. The lowest BCUT2D eigenvalue weighted by Crippen LogP contribution is -2.31. The predicted octanol–water partition coefficient (Wildman–Crippen LogP) is 4.05. The fourth-order valence-electron chi connectivity index (χ4n) is 3.78. The fourth-order valence-corrected chi connectivity index (χ4v) is 3.78. The molecule has 0 radical (unpaired) electrons. The molecule has 0 amide bonds. The van der Waals surface area contributed by atoms with Gasteiger partial charge < -0.3 is 19.3 Å². The molecule has 0 bridgehead atoms. The van der Waals surface area contributed by atoms with Gasteiger partial charge in [0.15, 0.2) is 17.2 Å². The van der Waals surface area contributed by atoms with Crippen molar-refractivity contribution in [2.45, 2.75) is 33.0 Å². The molecule has 3 aromatic rings. The summed E-state index contributed by atoms with van der Waals surface area (Å²) < 4.78 is 16.6. The van der Waals surface area contributed by atoms with Crippen molar-refractivity contribution in [2.75, 3.05) is 26.3 Å². The number of Topliss-reactive ketones (excluding diaryl/α,β-unsaturated/α-hetero) is 1. The second-order valence-electron chi connectivity index (χ2n) is 7.86. The molecule has 158 valence electrons. The first-order chi connectivity index (χ1) is 14.7. The summed E-state index contributed by atoms with van der Waals surface area (Å²) >= 11 is 0. The molecular weight excluding hydrogens is 380 g/mol. The summed E-state index contributed by atoms with van der Waals surface area (Å²) in [5.41, 5.74) is 2.24. The third-order valence-corrected chi connectivity index (χ3v) is 5.66. The zero-order valence-corrected chi connectivity index (χ0v) is 17.4. The molecule has 1 fully saturated rings. The number of nitrogens with zero attached hydrogens (tertiary/aromatic N) is 1. The van der Waals surface area contributed by atoms with E-state index >= 15 is 0 Å². The first-order valence-corrected chi connectivity index (χ1v) is 10.5. The van der Waals surface area contributed by atoms with Crippen LogP contribution in [-0.4, -0.2) is 37.2 Å².